The molecule has 1 saturated heterocycles. The molecule has 4 rings (SSSR count). The minimum atomic E-state index is -4.46. The Morgan fingerprint density at radius 3 is 2.12 bits per heavy atom. The minimum absolute atomic E-state index is 0.255. The quantitative estimate of drug-likeness (QED) is 0.542. The van der Waals surface area contributed by atoms with E-state index in [-0.39, 0.29) is 18.8 Å². The molecule has 8 nitrogen and oxygen atoms in total. The third-order valence-electron chi connectivity index (χ3n) is 5.90. The van der Waals surface area contributed by atoms with Gasteiger partial charge in [0.1, 0.15) is 23.8 Å². The van der Waals surface area contributed by atoms with E-state index in [2.05, 4.69) is 15.0 Å². The first-order chi connectivity index (χ1) is 15.9. The molecule has 3 heterocycles. The predicted octanol–water partition coefficient (Wildman–Crippen LogP) is 3.26. The number of piperazine rings is 1. The first kappa shape index (κ1) is 24.1. The largest absolute Gasteiger partial charge is 0.416 e. The van der Waals surface area contributed by atoms with Gasteiger partial charge in [0.05, 0.1) is 17.0 Å². The number of anilines is 1. The molecule has 1 aromatic carbocycles. The Hall–Kier alpha value is -2.99. The average Bonchev–Trinajstić information content (AvgIpc) is 3.11. The maximum absolute atomic E-state index is 12.9. The van der Waals surface area contributed by atoms with Gasteiger partial charge in [-0.15, -0.1) is 0 Å². The number of nitrogens with zero attached hydrogens (tertiary/aromatic N) is 6. The van der Waals surface area contributed by atoms with E-state index in [1.54, 1.807) is 13.3 Å². The number of aromatic nitrogens is 4. The number of hydrogen-bond acceptors (Lipinski definition) is 6. The molecule has 2 aromatic heterocycles. The number of hydrogen-bond donors (Lipinski definition) is 0. The van der Waals surface area contributed by atoms with E-state index in [4.69, 9.17) is 0 Å². The summed E-state index contributed by atoms with van der Waals surface area (Å²) in [5, 5.41) is 0. The van der Waals surface area contributed by atoms with Crippen LogP contribution in [0.4, 0.5) is 19.0 Å². The molecule has 182 valence electrons. The molecule has 1 aliphatic rings. The fraction of sp³-hybridized carbons (Fsp3) is 0.409. The van der Waals surface area contributed by atoms with Crippen molar-refractivity contribution < 1.29 is 21.6 Å². The summed E-state index contributed by atoms with van der Waals surface area (Å²) in [6.45, 7) is 7.06. The predicted molar refractivity (Wildman–Crippen MR) is 121 cm³/mol. The van der Waals surface area contributed by atoms with Gasteiger partial charge < -0.3 is 4.90 Å². The molecule has 1 aliphatic heterocycles. The molecule has 3 aromatic rings. The van der Waals surface area contributed by atoms with E-state index in [9.17, 15) is 21.6 Å². The maximum atomic E-state index is 12.9. The van der Waals surface area contributed by atoms with Crippen LogP contribution < -0.4 is 4.90 Å². The molecule has 0 spiro atoms. The van der Waals surface area contributed by atoms with Crippen LogP contribution in [0.3, 0.4) is 0 Å². The van der Waals surface area contributed by atoms with Crippen molar-refractivity contribution in [1.29, 1.82) is 0 Å². The standard InChI is InChI=1S/C22H25F3N6O2S/c1-15-16(2)31(14-26-15)21-12-20(27-17(3)28-21)29-8-10-30(11-9-29)34(32,33)13-18-4-6-19(7-5-18)22(23,24)25/h4-7,12,14H,8-11,13H2,1-3H3. The molecule has 0 amide bonds. The first-order valence-corrected chi connectivity index (χ1v) is 12.3. The van der Waals surface area contributed by atoms with Crippen LogP contribution in [0.5, 0.6) is 0 Å². The van der Waals surface area contributed by atoms with E-state index in [0.29, 0.717) is 36.1 Å². The topological polar surface area (TPSA) is 84.2 Å². The van der Waals surface area contributed by atoms with Gasteiger partial charge in [0.15, 0.2) is 0 Å². The van der Waals surface area contributed by atoms with Crippen LogP contribution in [0.1, 0.15) is 28.3 Å². The number of halogens is 3. The summed E-state index contributed by atoms with van der Waals surface area (Å²) in [6.07, 6.45) is -2.75. The van der Waals surface area contributed by atoms with Gasteiger partial charge in [0.2, 0.25) is 10.0 Å². The van der Waals surface area contributed by atoms with Gasteiger partial charge in [-0.1, -0.05) is 12.1 Å². The lowest BCUT2D eigenvalue weighted by molar-refractivity contribution is -0.137. The Balaban J connectivity index is 1.44. The van der Waals surface area contributed by atoms with E-state index in [1.807, 2.05) is 29.4 Å². The lowest BCUT2D eigenvalue weighted by atomic mass is 10.1. The SMILES string of the molecule is Cc1nc(N2CCN(S(=O)(=O)Cc3ccc(C(F)(F)F)cc3)CC2)cc(-n2cnc(C)c2C)n1. The summed E-state index contributed by atoms with van der Waals surface area (Å²) in [7, 11) is -3.67. The number of aryl methyl sites for hydroxylation is 2. The van der Waals surface area contributed by atoms with Gasteiger partial charge in [-0.2, -0.15) is 17.5 Å². The molecule has 0 saturated carbocycles. The van der Waals surface area contributed by atoms with Crippen molar-refractivity contribution in [3.05, 3.63) is 65.0 Å². The van der Waals surface area contributed by atoms with Gasteiger partial charge in [0, 0.05) is 37.9 Å². The Labute approximate surface area is 196 Å². The van der Waals surface area contributed by atoms with Crippen molar-refractivity contribution in [1.82, 2.24) is 23.8 Å². The van der Waals surface area contributed by atoms with Gasteiger partial charge in [-0.05, 0) is 38.5 Å². The molecule has 0 radical (unpaired) electrons. The molecule has 0 N–H and O–H groups in total. The lowest BCUT2D eigenvalue weighted by Crippen LogP contribution is -2.49. The Bertz CT molecular complexity index is 1280. The zero-order valence-electron chi connectivity index (χ0n) is 19.0. The lowest BCUT2D eigenvalue weighted by Gasteiger charge is -2.35. The number of rotatable bonds is 5. The van der Waals surface area contributed by atoms with Crippen LogP contribution in [-0.2, 0) is 22.0 Å². The summed E-state index contributed by atoms with van der Waals surface area (Å²) in [5.74, 6) is 1.64. The summed E-state index contributed by atoms with van der Waals surface area (Å²) in [4.78, 5) is 15.3. The molecular weight excluding hydrogens is 469 g/mol. The van der Waals surface area contributed by atoms with Crippen LogP contribution >= 0.6 is 0 Å². The van der Waals surface area contributed by atoms with Crippen molar-refractivity contribution in [3.8, 4) is 5.82 Å². The van der Waals surface area contributed by atoms with Crippen LogP contribution in [0, 0.1) is 20.8 Å². The van der Waals surface area contributed by atoms with E-state index < -0.39 is 21.8 Å². The van der Waals surface area contributed by atoms with Crippen LogP contribution in [-0.4, -0.2) is 58.4 Å². The van der Waals surface area contributed by atoms with Gasteiger partial charge in [-0.3, -0.25) is 4.57 Å². The fourth-order valence-electron chi connectivity index (χ4n) is 3.84. The van der Waals surface area contributed by atoms with E-state index in [0.717, 1.165) is 23.5 Å². The minimum Gasteiger partial charge on any atom is -0.354 e. The number of benzene rings is 1. The molecule has 1 fully saturated rings. The van der Waals surface area contributed by atoms with Crippen LogP contribution in [0.2, 0.25) is 0 Å². The van der Waals surface area contributed by atoms with Crippen molar-refractivity contribution in [3.63, 3.8) is 0 Å². The highest BCUT2D eigenvalue weighted by Gasteiger charge is 2.31. The highest BCUT2D eigenvalue weighted by molar-refractivity contribution is 7.88. The summed E-state index contributed by atoms with van der Waals surface area (Å²) >= 11 is 0. The smallest absolute Gasteiger partial charge is 0.354 e. The normalized spacial score (nSPS) is 15.6. The second kappa shape index (κ2) is 8.99. The number of alkyl halides is 3. The molecule has 12 heteroatoms. The second-order valence-electron chi connectivity index (χ2n) is 8.25. The molecule has 0 unspecified atom stereocenters. The highest BCUT2D eigenvalue weighted by Crippen LogP contribution is 2.29. The second-order valence-corrected chi connectivity index (χ2v) is 10.2. The summed E-state index contributed by atoms with van der Waals surface area (Å²) in [6, 6.07) is 6.08. The molecule has 34 heavy (non-hydrogen) atoms. The third-order valence-corrected chi connectivity index (χ3v) is 7.75. The number of imidazole rings is 1. The van der Waals surface area contributed by atoms with Gasteiger partial charge in [-0.25, -0.2) is 23.4 Å². The Kier molecular flexibility index (Phi) is 6.38. The van der Waals surface area contributed by atoms with Crippen molar-refractivity contribution in [2.75, 3.05) is 31.1 Å². The van der Waals surface area contributed by atoms with Crippen LogP contribution in [0.25, 0.3) is 5.82 Å². The maximum Gasteiger partial charge on any atom is 0.416 e. The highest BCUT2D eigenvalue weighted by atomic mass is 32.2. The van der Waals surface area contributed by atoms with Crippen LogP contribution in [0.15, 0.2) is 36.7 Å². The fourth-order valence-corrected chi connectivity index (χ4v) is 5.35. The van der Waals surface area contributed by atoms with E-state index in [1.165, 1.54) is 16.4 Å². The van der Waals surface area contributed by atoms with E-state index >= 15 is 0 Å². The van der Waals surface area contributed by atoms with Crippen molar-refractivity contribution >= 4 is 15.8 Å². The monoisotopic (exact) mass is 494 g/mol. The molecule has 0 aliphatic carbocycles. The summed E-state index contributed by atoms with van der Waals surface area (Å²) in [5.41, 5.74) is 1.40. The first-order valence-electron chi connectivity index (χ1n) is 10.7. The zero-order valence-corrected chi connectivity index (χ0v) is 19.9. The molecule has 0 atom stereocenters. The van der Waals surface area contributed by atoms with Crippen molar-refractivity contribution in [2.24, 2.45) is 0 Å². The molecular formula is C22H25F3N6O2S. The average molecular weight is 495 g/mol. The number of sulfonamides is 1. The van der Waals surface area contributed by atoms with Gasteiger partial charge >= 0.3 is 6.18 Å². The Morgan fingerprint density at radius 1 is 0.941 bits per heavy atom. The third kappa shape index (κ3) is 5.07. The summed E-state index contributed by atoms with van der Waals surface area (Å²) < 4.78 is 67.2. The van der Waals surface area contributed by atoms with Gasteiger partial charge in [0.25, 0.3) is 0 Å². The molecule has 0 bridgehead atoms. The zero-order chi connectivity index (χ0) is 24.7. The van der Waals surface area contributed by atoms with Crippen molar-refractivity contribution in [2.45, 2.75) is 32.7 Å². The Morgan fingerprint density at radius 2 is 1.56 bits per heavy atom.